The zero-order valence-electron chi connectivity index (χ0n) is 22.2. The smallest absolute Gasteiger partial charge is 0.408 e. The lowest BCUT2D eigenvalue weighted by Crippen LogP contribution is -2.45. The molecule has 1 amide bonds. The van der Waals surface area contributed by atoms with Gasteiger partial charge < -0.3 is 25.6 Å². The summed E-state index contributed by atoms with van der Waals surface area (Å²) in [5.41, 5.74) is 6.95. The molecule has 0 saturated heterocycles. The number of ether oxygens (including phenoxy) is 2. The molecule has 0 fully saturated rings. The van der Waals surface area contributed by atoms with Crippen LogP contribution in [0, 0.1) is 26.2 Å². The number of aliphatic carboxylic acids is 1. The number of benzene rings is 1. The number of hydrogen-bond acceptors (Lipinski definition) is 7. The van der Waals surface area contributed by atoms with Crippen molar-refractivity contribution in [2.24, 2.45) is 5.73 Å². The molecule has 2 rings (SSSR count). The van der Waals surface area contributed by atoms with Gasteiger partial charge >= 0.3 is 12.1 Å². The molecule has 5 N–H and O–H groups in total. The summed E-state index contributed by atoms with van der Waals surface area (Å²) < 4.78 is 39.4. The van der Waals surface area contributed by atoms with Crippen molar-refractivity contribution < 1.29 is 32.6 Å². The van der Waals surface area contributed by atoms with E-state index >= 15 is 0 Å². The Morgan fingerprint density at radius 2 is 1.81 bits per heavy atom. The zero-order valence-corrected chi connectivity index (χ0v) is 23.1. The average Bonchev–Trinajstić information content (AvgIpc) is 3.02. The lowest BCUT2D eigenvalue weighted by atomic mass is 9.94. The Hall–Kier alpha value is -3.02. The first kappa shape index (κ1) is 29.2. The van der Waals surface area contributed by atoms with Gasteiger partial charge in [0.1, 0.15) is 23.0 Å². The van der Waals surface area contributed by atoms with Crippen molar-refractivity contribution in [3.8, 4) is 5.75 Å². The minimum Gasteiger partial charge on any atom is -0.487 e. The summed E-state index contributed by atoms with van der Waals surface area (Å²) in [6.45, 7) is 13.8. The minimum absolute atomic E-state index is 0.0176. The number of sulfonamides is 1. The van der Waals surface area contributed by atoms with Gasteiger partial charge in [-0.2, -0.15) is 0 Å². The molecular formula is C24H38N4O7S. The van der Waals surface area contributed by atoms with Gasteiger partial charge in [-0.3, -0.25) is 5.41 Å². The third-order valence-corrected chi connectivity index (χ3v) is 8.04. The lowest BCUT2D eigenvalue weighted by molar-refractivity contribution is -0.139. The van der Waals surface area contributed by atoms with Gasteiger partial charge in [-0.05, 0) is 84.9 Å². The minimum atomic E-state index is -4.24. The van der Waals surface area contributed by atoms with Crippen molar-refractivity contribution in [3.63, 3.8) is 0 Å². The zero-order chi connectivity index (χ0) is 27.8. The van der Waals surface area contributed by atoms with Crippen molar-refractivity contribution in [2.45, 2.75) is 96.8 Å². The quantitative estimate of drug-likeness (QED) is 0.296. The Bertz CT molecular complexity index is 1170. The molecule has 0 spiro atoms. The molecule has 1 aliphatic heterocycles. The number of carboxylic acids is 1. The van der Waals surface area contributed by atoms with Gasteiger partial charge in [-0.25, -0.2) is 22.3 Å². The van der Waals surface area contributed by atoms with Crippen LogP contribution in [0.1, 0.15) is 69.7 Å². The molecule has 0 saturated carbocycles. The van der Waals surface area contributed by atoms with Crippen molar-refractivity contribution in [1.29, 1.82) is 5.41 Å². The molecule has 12 heteroatoms. The van der Waals surface area contributed by atoms with Crippen LogP contribution in [0.25, 0.3) is 0 Å². The van der Waals surface area contributed by atoms with Crippen LogP contribution in [0.3, 0.4) is 0 Å². The molecule has 11 nitrogen and oxygen atoms in total. The number of carboxylic acid groups (broad SMARTS) is 1. The molecule has 202 valence electrons. The predicted molar refractivity (Wildman–Crippen MR) is 135 cm³/mol. The molecule has 0 aromatic heterocycles. The topological polar surface area (TPSA) is 172 Å². The van der Waals surface area contributed by atoms with Gasteiger partial charge in [-0.1, -0.05) is 0 Å². The Balaban J connectivity index is 2.30. The van der Waals surface area contributed by atoms with Crippen LogP contribution in [-0.4, -0.2) is 59.6 Å². The van der Waals surface area contributed by atoms with Gasteiger partial charge in [0, 0.05) is 18.5 Å². The molecule has 1 heterocycles. The van der Waals surface area contributed by atoms with Gasteiger partial charge in [0.15, 0.2) is 0 Å². The summed E-state index contributed by atoms with van der Waals surface area (Å²) >= 11 is 0. The summed E-state index contributed by atoms with van der Waals surface area (Å²) in [5, 5.41) is 19.7. The highest BCUT2D eigenvalue weighted by Crippen LogP contribution is 2.44. The first-order chi connectivity index (χ1) is 16.3. The molecule has 0 aliphatic carbocycles. The number of alkyl carbamates (subject to hydrolysis) is 1. The second-order valence-electron chi connectivity index (χ2n) is 10.7. The highest BCUT2D eigenvalue weighted by molar-refractivity contribution is 7.89. The number of nitrogens with two attached hydrogens (primary N) is 1. The molecule has 1 atom stereocenters. The van der Waals surface area contributed by atoms with Crippen molar-refractivity contribution in [3.05, 3.63) is 22.3 Å². The van der Waals surface area contributed by atoms with Crippen molar-refractivity contribution in [1.82, 2.24) is 9.62 Å². The van der Waals surface area contributed by atoms with Crippen molar-refractivity contribution in [2.75, 3.05) is 6.54 Å². The molecule has 1 aliphatic rings. The van der Waals surface area contributed by atoms with E-state index in [4.69, 9.17) is 20.6 Å². The summed E-state index contributed by atoms with van der Waals surface area (Å²) in [6, 6.07) is -1.30. The van der Waals surface area contributed by atoms with E-state index in [9.17, 15) is 23.1 Å². The summed E-state index contributed by atoms with van der Waals surface area (Å²) in [7, 11) is -4.24. The van der Waals surface area contributed by atoms with E-state index in [2.05, 4.69) is 5.32 Å². The fourth-order valence-corrected chi connectivity index (χ4v) is 6.16. The number of hydrogen-bond donors (Lipinski definition) is 4. The third kappa shape index (κ3) is 6.40. The Morgan fingerprint density at radius 3 is 2.31 bits per heavy atom. The normalized spacial score (nSPS) is 15.4. The third-order valence-electron chi connectivity index (χ3n) is 5.95. The average molecular weight is 527 g/mol. The molecule has 0 radical (unpaired) electrons. The van der Waals surface area contributed by atoms with Crippen LogP contribution in [0.4, 0.5) is 4.79 Å². The van der Waals surface area contributed by atoms with Crippen LogP contribution >= 0.6 is 0 Å². The second-order valence-corrected chi connectivity index (χ2v) is 12.5. The maximum absolute atomic E-state index is 13.7. The molecule has 0 bridgehead atoms. The van der Waals surface area contributed by atoms with Crippen LogP contribution in [0.2, 0.25) is 0 Å². The van der Waals surface area contributed by atoms with Crippen LogP contribution in [0.15, 0.2) is 4.90 Å². The number of nitrogens with one attached hydrogen (secondary N) is 2. The molecule has 1 aromatic carbocycles. The molecular weight excluding hydrogens is 488 g/mol. The lowest BCUT2D eigenvalue weighted by Gasteiger charge is -2.26. The number of carbonyl (C=O) groups is 2. The SMILES string of the molecule is Cc1c(C)c(S(=O)(=O)N(CCC[C@H](NC(=O)OC(C)(C)C)C(=O)O)C(=N)N)c(C)c2c1OC(C)(C)C2. The number of guanidine groups is 1. The number of amides is 1. The fraction of sp³-hybridized carbons (Fsp3) is 0.625. The summed E-state index contributed by atoms with van der Waals surface area (Å²) in [5.74, 6) is -1.29. The Morgan fingerprint density at radius 1 is 1.22 bits per heavy atom. The molecule has 36 heavy (non-hydrogen) atoms. The first-order valence-corrected chi connectivity index (χ1v) is 13.1. The first-order valence-electron chi connectivity index (χ1n) is 11.7. The van der Waals surface area contributed by atoms with Gasteiger partial charge in [0.05, 0.1) is 4.90 Å². The number of carbonyl (C=O) groups excluding carboxylic acids is 1. The van der Waals surface area contributed by atoms with E-state index < -0.39 is 45.3 Å². The predicted octanol–water partition coefficient (Wildman–Crippen LogP) is 2.97. The number of nitrogens with zero attached hydrogens (tertiary/aromatic N) is 1. The Kier molecular flexibility index (Phi) is 8.24. The summed E-state index contributed by atoms with van der Waals surface area (Å²) in [4.78, 5) is 23.7. The van der Waals surface area contributed by atoms with E-state index in [0.29, 0.717) is 28.9 Å². The summed E-state index contributed by atoms with van der Waals surface area (Å²) in [6.07, 6.45) is -0.439. The van der Waals surface area contributed by atoms with Gasteiger partial charge in [0.25, 0.3) is 10.0 Å². The number of fused-ring (bicyclic) bond motifs is 1. The van der Waals surface area contributed by atoms with E-state index in [-0.39, 0.29) is 24.3 Å². The van der Waals surface area contributed by atoms with E-state index in [1.807, 2.05) is 13.8 Å². The van der Waals surface area contributed by atoms with Crippen LogP contribution in [0.5, 0.6) is 5.75 Å². The number of rotatable bonds is 8. The van der Waals surface area contributed by atoms with Crippen molar-refractivity contribution >= 4 is 28.0 Å². The molecule has 1 aromatic rings. The van der Waals surface area contributed by atoms with Crippen LogP contribution < -0.4 is 15.8 Å². The largest absolute Gasteiger partial charge is 0.487 e. The van der Waals surface area contributed by atoms with E-state index in [1.54, 1.807) is 41.5 Å². The highest BCUT2D eigenvalue weighted by atomic mass is 32.2. The van der Waals surface area contributed by atoms with Crippen LogP contribution in [-0.2, 0) is 26.0 Å². The van der Waals surface area contributed by atoms with Gasteiger partial charge in [-0.15, -0.1) is 0 Å². The second kappa shape index (κ2) is 10.2. The highest BCUT2D eigenvalue weighted by Gasteiger charge is 2.38. The fourth-order valence-electron chi connectivity index (χ4n) is 4.26. The maximum atomic E-state index is 13.7. The standard InChI is InChI=1S/C24H38N4O7S/c1-13-14(2)19(15(3)16-12-24(7,8)34-18(13)16)36(32,33)28(21(25)26)11-9-10-17(20(29)30)27-22(31)35-23(4,5)6/h17H,9-12H2,1-8H3,(H3,25,26)(H,27,31)(H,29,30)/t17-/m0/s1. The van der Waals surface area contributed by atoms with E-state index in [1.165, 1.54) is 0 Å². The van der Waals surface area contributed by atoms with E-state index in [0.717, 1.165) is 9.87 Å². The Labute approximate surface area is 212 Å². The maximum Gasteiger partial charge on any atom is 0.408 e. The van der Waals surface area contributed by atoms with Gasteiger partial charge in [0.2, 0.25) is 5.96 Å². The monoisotopic (exact) mass is 526 g/mol. The molecule has 0 unspecified atom stereocenters.